The number of amides is 1. The fraction of sp³-hybridized carbons (Fsp3) is 0.409. The van der Waals surface area contributed by atoms with E-state index >= 15 is 0 Å². The summed E-state index contributed by atoms with van der Waals surface area (Å²) in [6, 6.07) is 11.8. The van der Waals surface area contributed by atoms with Gasteiger partial charge in [-0.1, -0.05) is 6.07 Å². The van der Waals surface area contributed by atoms with E-state index in [1.807, 2.05) is 18.2 Å². The van der Waals surface area contributed by atoms with E-state index in [-0.39, 0.29) is 18.7 Å². The lowest BCUT2D eigenvalue weighted by Crippen LogP contribution is -2.32. The average molecular weight is 396 g/mol. The Hall–Kier alpha value is -2.93. The molecule has 5 rings (SSSR count). The molecule has 0 aromatic heterocycles. The Bertz CT molecular complexity index is 916. The summed E-state index contributed by atoms with van der Waals surface area (Å²) < 4.78 is 22.3. The van der Waals surface area contributed by atoms with Crippen molar-refractivity contribution in [1.82, 2.24) is 4.90 Å². The Morgan fingerprint density at radius 1 is 0.931 bits per heavy atom. The molecule has 0 spiro atoms. The number of nitrogens with one attached hydrogen (secondary N) is 1. The van der Waals surface area contributed by atoms with Crippen LogP contribution in [0.1, 0.15) is 30.9 Å². The summed E-state index contributed by atoms with van der Waals surface area (Å²) in [5.74, 6) is 2.93. The molecule has 0 aliphatic carbocycles. The van der Waals surface area contributed by atoms with Crippen LogP contribution in [0.5, 0.6) is 23.0 Å². The molecule has 29 heavy (non-hydrogen) atoms. The molecule has 3 heterocycles. The van der Waals surface area contributed by atoms with Crippen molar-refractivity contribution in [2.45, 2.75) is 25.3 Å². The summed E-state index contributed by atoms with van der Waals surface area (Å²) in [6.45, 7) is 2.81. The van der Waals surface area contributed by atoms with Crippen LogP contribution in [0.2, 0.25) is 0 Å². The van der Waals surface area contributed by atoms with Gasteiger partial charge in [0, 0.05) is 24.2 Å². The van der Waals surface area contributed by atoms with Gasteiger partial charge in [0.25, 0.3) is 0 Å². The van der Waals surface area contributed by atoms with Gasteiger partial charge in [0.1, 0.15) is 0 Å². The second-order valence-electron chi connectivity index (χ2n) is 7.50. The minimum Gasteiger partial charge on any atom is -0.490 e. The minimum absolute atomic E-state index is 0.0369. The maximum Gasteiger partial charge on any atom is 0.238 e. The van der Waals surface area contributed by atoms with Crippen molar-refractivity contribution in [2.75, 3.05) is 38.4 Å². The number of carbonyl (C=O) groups excluding carboxylic acids is 1. The molecule has 3 aliphatic rings. The topological polar surface area (TPSA) is 69.3 Å². The number of hydrogen-bond acceptors (Lipinski definition) is 6. The highest BCUT2D eigenvalue weighted by atomic mass is 16.7. The Kier molecular flexibility index (Phi) is 4.89. The van der Waals surface area contributed by atoms with Gasteiger partial charge in [-0.25, -0.2) is 0 Å². The van der Waals surface area contributed by atoms with Crippen molar-refractivity contribution in [2.24, 2.45) is 0 Å². The third-order valence-electron chi connectivity index (χ3n) is 5.52. The molecule has 0 bridgehead atoms. The third kappa shape index (κ3) is 3.82. The van der Waals surface area contributed by atoms with Crippen LogP contribution in [0, 0.1) is 0 Å². The zero-order chi connectivity index (χ0) is 19.6. The summed E-state index contributed by atoms with van der Waals surface area (Å²) in [6.07, 6.45) is 2.98. The lowest BCUT2D eigenvalue weighted by molar-refractivity contribution is -0.117. The summed E-state index contributed by atoms with van der Waals surface area (Å²) in [5, 5.41) is 2.97. The van der Waals surface area contributed by atoms with E-state index in [4.69, 9.17) is 18.9 Å². The number of anilines is 1. The molecule has 1 amide bonds. The number of nitrogens with zero attached hydrogens (tertiary/aromatic N) is 1. The van der Waals surface area contributed by atoms with Crippen LogP contribution < -0.4 is 24.3 Å². The van der Waals surface area contributed by atoms with Gasteiger partial charge >= 0.3 is 0 Å². The van der Waals surface area contributed by atoms with Crippen LogP contribution in [0.15, 0.2) is 36.4 Å². The molecular weight excluding hydrogens is 372 g/mol. The largest absolute Gasteiger partial charge is 0.490 e. The summed E-state index contributed by atoms with van der Waals surface area (Å²) >= 11 is 0. The van der Waals surface area contributed by atoms with Crippen molar-refractivity contribution in [3.05, 3.63) is 42.0 Å². The van der Waals surface area contributed by atoms with Gasteiger partial charge in [0.05, 0.1) is 19.8 Å². The van der Waals surface area contributed by atoms with E-state index in [9.17, 15) is 4.79 Å². The normalized spacial score (nSPS) is 20.3. The zero-order valence-electron chi connectivity index (χ0n) is 16.2. The molecule has 1 N–H and O–H groups in total. The molecular formula is C22H24N2O5. The second kappa shape index (κ2) is 7.83. The highest BCUT2D eigenvalue weighted by Crippen LogP contribution is 2.38. The Morgan fingerprint density at radius 2 is 1.69 bits per heavy atom. The molecule has 1 unspecified atom stereocenters. The molecule has 1 atom stereocenters. The van der Waals surface area contributed by atoms with Gasteiger partial charge in [-0.15, -0.1) is 0 Å². The van der Waals surface area contributed by atoms with Crippen molar-refractivity contribution < 1.29 is 23.7 Å². The zero-order valence-corrected chi connectivity index (χ0v) is 16.2. The predicted octanol–water partition coefficient (Wildman–Crippen LogP) is 3.35. The SMILES string of the molecule is O=C(CN1CCCC1c1ccc2c(c1)OCCCO2)Nc1ccc2c(c1)OCO2. The molecule has 7 heteroatoms. The summed E-state index contributed by atoms with van der Waals surface area (Å²) in [5.41, 5.74) is 1.88. The summed E-state index contributed by atoms with van der Waals surface area (Å²) in [4.78, 5) is 14.9. The van der Waals surface area contributed by atoms with Crippen molar-refractivity contribution in [3.8, 4) is 23.0 Å². The Labute approximate surface area is 169 Å². The number of benzene rings is 2. The van der Waals surface area contributed by atoms with Crippen molar-refractivity contribution >= 4 is 11.6 Å². The Morgan fingerprint density at radius 3 is 2.62 bits per heavy atom. The smallest absolute Gasteiger partial charge is 0.238 e. The van der Waals surface area contributed by atoms with Crippen LogP contribution in [0.3, 0.4) is 0 Å². The van der Waals surface area contributed by atoms with Crippen molar-refractivity contribution in [1.29, 1.82) is 0 Å². The van der Waals surface area contributed by atoms with Crippen LogP contribution in [-0.4, -0.2) is 43.9 Å². The Balaban J connectivity index is 1.26. The first kappa shape index (κ1) is 18.1. The number of likely N-dealkylation sites (tertiary alicyclic amines) is 1. The average Bonchev–Trinajstić information content (AvgIpc) is 3.31. The molecule has 2 aromatic carbocycles. The quantitative estimate of drug-likeness (QED) is 0.855. The van der Waals surface area contributed by atoms with E-state index in [0.717, 1.165) is 37.3 Å². The first-order valence-electron chi connectivity index (χ1n) is 10.1. The molecule has 0 saturated carbocycles. The number of carbonyl (C=O) groups is 1. The maximum absolute atomic E-state index is 12.7. The van der Waals surface area contributed by atoms with E-state index in [2.05, 4.69) is 22.3 Å². The molecule has 7 nitrogen and oxygen atoms in total. The number of hydrogen-bond donors (Lipinski definition) is 1. The second-order valence-corrected chi connectivity index (χ2v) is 7.50. The number of fused-ring (bicyclic) bond motifs is 2. The molecule has 1 fully saturated rings. The van der Waals surface area contributed by atoms with Gasteiger partial charge in [-0.2, -0.15) is 0 Å². The van der Waals surface area contributed by atoms with E-state index in [0.29, 0.717) is 36.9 Å². The highest BCUT2D eigenvalue weighted by molar-refractivity contribution is 5.92. The fourth-order valence-corrected chi connectivity index (χ4v) is 4.14. The predicted molar refractivity (Wildman–Crippen MR) is 107 cm³/mol. The lowest BCUT2D eigenvalue weighted by Gasteiger charge is -2.25. The molecule has 0 radical (unpaired) electrons. The lowest BCUT2D eigenvalue weighted by atomic mass is 10.0. The monoisotopic (exact) mass is 396 g/mol. The van der Waals surface area contributed by atoms with Gasteiger partial charge < -0.3 is 24.3 Å². The van der Waals surface area contributed by atoms with Crippen LogP contribution in [0.4, 0.5) is 5.69 Å². The molecule has 152 valence electrons. The fourth-order valence-electron chi connectivity index (χ4n) is 4.14. The first-order chi connectivity index (χ1) is 14.3. The van der Waals surface area contributed by atoms with Crippen LogP contribution in [-0.2, 0) is 4.79 Å². The number of ether oxygens (including phenoxy) is 4. The summed E-state index contributed by atoms with van der Waals surface area (Å²) in [7, 11) is 0. The van der Waals surface area contributed by atoms with Gasteiger partial charge in [0.15, 0.2) is 23.0 Å². The van der Waals surface area contributed by atoms with Crippen LogP contribution >= 0.6 is 0 Å². The molecule has 1 saturated heterocycles. The maximum atomic E-state index is 12.7. The standard InChI is InChI=1S/C22H24N2O5/c25-22(23-16-5-7-19-21(12-16)29-14-28-19)13-24-8-1-3-17(24)15-4-6-18-20(11-15)27-10-2-9-26-18/h4-7,11-12,17H,1-3,8-10,13-14H2,(H,23,25). The van der Waals surface area contributed by atoms with E-state index in [1.54, 1.807) is 6.07 Å². The minimum atomic E-state index is -0.0369. The first-order valence-corrected chi connectivity index (χ1v) is 10.1. The van der Waals surface area contributed by atoms with E-state index < -0.39 is 0 Å². The van der Waals surface area contributed by atoms with Gasteiger partial charge in [-0.05, 0) is 49.2 Å². The molecule has 3 aliphatic heterocycles. The van der Waals surface area contributed by atoms with Crippen molar-refractivity contribution in [3.63, 3.8) is 0 Å². The van der Waals surface area contributed by atoms with Gasteiger partial charge in [-0.3, -0.25) is 9.69 Å². The van der Waals surface area contributed by atoms with Gasteiger partial charge in [0.2, 0.25) is 12.7 Å². The number of rotatable bonds is 4. The van der Waals surface area contributed by atoms with E-state index in [1.165, 1.54) is 5.56 Å². The third-order valence-corrected chi connectivity index (χ3v) is 5.52. The van der Waals surface area contributed by atoms with Crippen LogP contribution in [0.25, 0.3) is 0 Å². The highest BCUT2D eigenvalue weighted by Gasteiger charge is 2.28. The molecule has 2 aromatic rings.